The second-order valence-electron chi connectivity index (χ2n) is 7.30. The fourth-order valence-electron chi connectivity index (χ4n) is 3.05. The molecule has 2 atom stereocenters. The summed E-state index contributed by atoms with van der Waals surface area (Å²) in [6.45, 7) is 8.13. The zero-order valence-corrected chi connectivity index (χ0v) is 15.7. The Balaban J connectivity index is 1.93. The first kappa shape index (κ1) is 18.3. The van der Waals surface area contributed by atoms with E-state index in [1.807, 2.05) is 11.6 Å². The molecule has 0 amide bonds. The van der Waals surface area contributed by atoms with Crippen molar-refractivity contribution >= 4 is 16.9 Å². The number of fused-ring (bicyclic) bond motifs is 1. The highest BCUT2D eigenvalue weighted by Gasteiger charge is 2.24. The number of rotatable bonds is 5. The van der Waals surface area contributed by atoms with Crippen LogP contribution in [0.15, 0.2) is 36.8 Å². The van der Waals surface area contributed by atoms with Crippen molar-refractivity contribution in [1.29, 1.82) is 0 Å². The van der Waals surface area contributed by atoms with Gasteiger partial charge in [-0.3, -0.25) is 0 Å². The zero-order valence-electron chi connectivity index (χ0n) is 15.7. The van der Waals surface area contributed by atoms with E-state index in [0.717, 1.165) is 11.0 Å². The number of hydrogen-bond acceptors (Lipinski definition) is 5. The minimum Gasteiger partial charge on any atom is -0.375 e. The lowest BCUT2D eigenvalue weighted by molar-refractivity contribution is 0.0876. The van der Waals surface area contributed by atoms with Crippen LogP contribution in [-0.4, -0.2) is 32.9 Å². The van der Waals surface area contributed by atoms with Crippen LogP contribution in [0.5, 0.6) is 0 Å². The van der Waals surface area contributed by atoms with Crippen molar-refractivity contribution in [1.82, 2.24) is 19.7 Å². The van der Waals surface area contributed by atoms with E-state index in [-0.39, 0.29) is 17.4 Å². The van der Waals surface area contributed by atoms with Gasteiger partial charge in [-0.15, -0.1) is 0 Å². The van der Waals surface area contributed by atoms with E-state index < -0.39 is 6.10 Å². The molecule has 26 heavy (non-hydrogen) atoms. The molecule has 0 radical (unpaired) electrons. The van der Waals surface area contributed by atoms with E-state index in [1.54, 1.807) is 31.5 Å². The lowest BCUT2D eigenvalue weighted by Crippen LogP contribution is -2.27. The number of nitrogens with zero attached hydrogens (tertiary/aromatic N) is 4. The smallest absolute Gasteiger partial charge is 0.163 e. The molecule has 0 spiro atoms. The summed E-state index contributed by atoms with van der Waals surface area (Å²) in [6.07, 6.45) is 2.80. The molecular weight excluding hydrogens is 333 g/mol. The summed E-state index contributed by atoms with van der Waals surface area (Å²) < 4.78 is 21.6. The van der Waals surface area contributed by atoms with Gasteiger partial charge >= 0.3 is 0 Å². The molecule has 2 aromatic heterocycles. The van der Waals surface area contributed by atoms with Gasteiger partial charge in [0.15, 0.2) is 5.65 Å². The van der Waals surface area contributed by atoms with Gasteiger partial charge in [0.2, 0.25) is 0 Å². The summed E-state index contributed by atoms with van der Waals surface area (Å²) in [5, 5.41) is 8.60. The normalized spacial score (nSPS) is 14.4. The highest BCUT2D eigenvalue weighted by Crippen LogP contribution is 2.28. The van der Waals surface area contributed by atoms with Crippen molar-refractivity contribution in [3.05, 3.63) is 48.2 Å². The fourth-order valence-corrected chi connectivity index (χ4v) is 3.05. The molecule has 6 nitrogen and oxygen atoms in total. The molecule has 7 heteroatoms. The summed E-state index contributed by atoms with van der Waals surface area (Å²) in [6, 6.07) is 6.42. The summed E-state index contributed by atoms with van der Waals surface area (Å²) >= 11 is 0. The van der Waals surface area contributed by atoms with Crippen molar-refractivity contribution in [2.24, 2.45) is 0 Å². The van der Waals surface area contributed by atoms with Crippen LogP contribution in [0.1, 0.15) is 39.4 Å². The lowest BCUT2D eigenvalue weighted by atomic mass is 10.0. The first-order chi connectivity index (χ1) is 12.3. The maximum absolute atomic E-state index is 14.2. The van der Waals surface area contributed by atoms with Gasteiger partial charge in [-0.05, 0) is 33.8 Å². The molecule has 1 aromatic carbocycles. The van der Waals surface area contributed by atoms with E-state index in [4.69, 9.17) is 4.74 Å². The Morgan fingerprint density at radius 1 is 1.19 bits per heavy atom. The third kappa shape index (κ3) is 3.39. The molecule has 3 aromatic rings. The van der Waals surface area contributed by atoms with Gasteiger partial charge < -0.3 is 10.1 Å². The van der Waals surface area contributed by atoms with Gasteiger partial charge in [0.05, 0.1) is 23.2 Å². The van der Waals surface area contributed by atoms with Crippen LogP contribution in [-0.2, 0) is 10.3 Å². The Morgan fingerprint density at radius 3 is 2.58 bits per heavy atom. The van der Waals surface area contributed by atoms with Gasteiger partial charge in [-0.25, -0.2) is 19.0 Å². The van der Waals surface area contributed by atoms with Crippen LogP contribution in [0.3, 0.4) is 0 Å². The van der Waals surface area contributed by atoms with Gasteiger partial charge in [-0.1, -0.05) is 18.2 Å². The Hall–Kier alpha value is -2.54. The second kappa shape index (κ2) is 6.99. The van der Waals surface area contributed by atoms with E-state index in [2.05, 4.69) is 41.2 Å². The number of halogens is 1. The SMILES string of the molecule is COC(c1ccccc1F)C(C)Nc1ncnc2c1cnn2C(C)(C)C. The largest absolute Gasteiger partial charge is 0.375 e. The van der Waals surface area contributed by atoms with Crippen molar-refractivity contribution < 1.29 is 9.13 Å². The lowest BCUT2D eigenvalue weighted by Gasteiger charge is -2.25. The van der Waals surface area contributed by atoms with Crippen molar-refractivity contribution in [3.8, 4) is 0 Å². The van der Waals surface area contributed by atoms with E-state index in [1.165, 1.54) is 12.4 Å². The second-order valence-corrected chi connectivity index (χ2v) is 7.30. The first-order valence-corrected chi connectivity index (χ1v) is 8.56. The van der Waals surface area contributed by atoms with Crippen LogP contribution >= 0.6 is 0 Å². The van der Waals surface area contributed by atoms with Gasteiger partial charge in [0.1, 0.15) is 24.1 Å². The minimum absolute atomic E-state index is 0.193. The van der Waals surface area contributed by atoms with Crippen LogP contribution in [0.2, 0.25) is 0 Å². The molecule has 0 saturated carbocycles. The molecule has 3 rings (SSSR count). The molecule has 0 aliphatic rings. The van der Waals surface area contributed by atoms with Crippen LogP contribution in [0, 0.1) is 5.82 Å². The predicted octanol–water partition coefficient (Wildman–Crippen LogP) is 3.91. The summed E-state index contributed by atoms with van der Waals surface area (Å²) in [5.74, 6) is 0.359. The Bertz CT molecular complexity index is 902. The number of nitrogens with one attached hydrogen (secondary N) is 1. The van der Waals surface area contributed by atoms with E-state index >= 15 is 0 Å². The number of aromatic nitrogens is 4. The summed E-state index contributed by atoms with van der Waals surface area (Å²) in [7, 11) is 1.57. The number of anilines is 1. The maximum atomic E-state index is 14.2. The van der Waals surface area contributed by atoms with E-state index in [9.17, 15) is 4.39 Å². The Morgan fingerprint density at radius 2 is 1.92 bits per heavy atom. The molecule has 0 aliphatic heterocycles. The molecule has 2 heterocycles. The highest BCUT2D eigenvalue weighted by molar-refractivity contribution is 5.86. The molecular formula is C19H24FN5O. The van der Waals surface area contributed by atoms with Crippen molar-refractivity contribution in [2.75, 3.05) is 12.4 Å². The quantitative estimate of drug-likeness (QED) is 0.750. The monoisotopic (exact) mass is 357 g/mol. The molecule has 2 unspecified atom stereocenters. The topological polar surface area (TPSA) is 64.9 Å². The van der Waals surface area contributed by atoms with Gasteiger partial charge in [0.25, 0.3) is 0 Å². The molecule has 0 bridgehead atoms. The van der Waals surface area contributed by atoms with Crippen LogP contribution < -0.4 is 5.32 Å². The maximum Gasteiger partial charge on any atom is 0.163 e. The van der Waals surface area contributed by atoms with Crippen LogP contribution in [0.25, 0.3) is 11.0 Å². The Kier molecular flexibility index (Phi) is 4.91. The summed E-state index contributed by atoms with van der Waals surface area (Å²) in [4.78, 5) is 8.72. The van der Waals surface area contributed by atoms with Gasteiger partial charge in [0, 0.05) is 12.7 Å². The molecule has 138 valence electrons. The van der Waals surface area contributed by atoms with E-state index in [0.29, 0.717) is 11.4 Å². The third-order valence-electron chi connectivity index (χ3n) is 4.29. The highest BCUT2D eigenvalue weighted by atomic mass is 19.1. The molecule has 0 aliphatic carbocycles. The number of hydrogen-bond donors (Lipinski definition) is 1. The zero-order chi connectivity index (χ0) is 18.9. The standard InChI is InChI=1S/C19H24FN5O/c1-12(16(26-5)13-8-6-7-9-15(13)20)24-17-14-10-23-25(19(2,3)4)18(14)22-11-21-17/h6-12,16H,1-5H3,(H,21,22,24). The number of benzene rings is 1. The predicted molar refractivity (Wildman–Crippen MR) is 99.6 cm³/mol. The third-order valence-corrected chi connectivity index (χ3v) is 4.29. The Labute approximate surface area is 152 Å². The van der Waals surface area contributed by atoms with Gasteiger partial charge in [-0.2, -0.15) is 5.10 Å². The number of ether oxygens (including phenoxy) is 1. The van der Waals surface area contributed by atoms with Crippen LogP contribution in [0.4, 0.5) is 10.2 Å². The average molecular weight is 357 g/mol. The number of methoxy groups -OCH3 is 1. The molecule has 1 N–H and O–H groups in total. The fraction of sp³-hybridized carbons (Fsp3) is 0.421. The minimum atomic E-state index is -0.459. The first-order valence-electron chi connectivity index (χ1n) is 8.56. The van der Waals surface area contributed by atoms with Crippen molar-refractivity contribution in [2.45, 2.75) is 45.4 Å². The van der Waals surface area contributed by atoms with Crippen molar-refractivity contribution in [3.63, 3.8) is 0 Å². The molecule has 0 fully saturated rings. The molecule has 0 saturated heterocycles. The average Bonchev–Trinajstić information content (AvgIpc) is 3.02. The summed E-state index contributed by atoms with van der Waals surface area (Å²) in [5.41, 5.74) is 1.06.